The summed E-state index contributed by atoms with van der Waals surface area (Å²) in [5, 5.41) is 10.1. The minimum atomic E-state index is -4.51. The first kappa shape index (κ1) is 13.1. The van der Waals surface area contributed by atoms with Gasteiger partial charge in [0, 0.05) is 10.8 Å². The fraction of sp³-hybridized carbons (Fsp3) is 0. The molecule has 1 N–H and O–H groups in total. The van der Waals surface area contributed by atoms with Gasteiger partial charge in [-0.2, -0.15) is 0 Å². The molecule has 2 aromatic rings. The Labute approximate surface area is 105 Å². The third-order valence-corrected chi connectivity index (χ3v) is 3.03. The first-order valence-electron chi connectivity index (χ1n) is 4.17. The van der Waals surface area contributed by atoms with Gasteiger partial charge in [0.2, 0.25) is 0 Å². The molecule has 0 fully saturated rings. The quantitative estimate of drug-likeness (QED) is 0.475. The Morgan fingerprint density at radius 1 is 1.00 bits per heavy atom. The SMILES string of the molecule is O=S(=O)([O-])c1ccc(O)c2ccccc12.[Li+]. The summed E-state index contributed by atoms with van der Waals surface area (Å²) >= 11 is 0. The maximum atomic E-state index is 10.9. The van der Waals surface area contributed by atoms with Crippen LogP contribution in [-0.2, 0) is 10.1 Å². The number of fused-ring (bicyclic) bond motifs is 1. The molecule has 0 spiro atoms. The Kier molecular flexibility index (Phi) is 3.66. The largest absolute Gasteiger partial charge is 1.00 e. The summed E-state index contributed by atoms with van der Waals surface area (Å²) in [7, 11) is -4.51. The molecule has 6 heteroatoms. The molecule has 2 rings (SSSR count). The molecule has 0 amide bonds. The minimum absolute atomic E-state index is 0. The first-order valence-corrected chi connectivity index (χ1v) is 5.57. The van der Waals surface area contributed by atoms with Crippen LogP contribution in [0.4, 0.5) is 0 Å². The zero-order chi connectivity index (χ0) is 11.1. The van der Waals surface area contributed by atoms with Crippen molar-refractivity contribution in [1.82, 2.24) is 0 Å². The van der Waals surface area contributed by atoms with Crippen molar-refractivity contribution >= 4 is 20.9 Å². The fourth-order valence-electron chi connectivity index (χ4n) is 1.47. The van der Waals surface area contributed by atoms with Gasteiger partial charge < -0.3 is 9.66 Å². The van der Waals surface area contributed by atoms with Gasteiger partial charge in [-0.3, -0.25) is 0 Å². The normalized spacial score (nSPS) is 11.1. The topological polar surface area (TPSA) is 77.4 Å². The van der Waals surface area contributed by atoms with Crippen molar-refractivity contribution < 1.29 is 36.9 Å². The van der Waals surface area contributed by atoms with Crippen molar-refractivity contribution in [3.05, 3.63) is 36.4 Å². The van der Waals surface area contributed by atoms with Gasteiger partial charge in [0.1, 0.15) is 15.9 Å². The van der Waals surface area contributed by atoms with Crippen LogP contribution in [0, 0.1) is 0 Å². The molecule has 0 unspecified atom stereocenters. The fourth-order valence-corrected chi connectivity index (χ4v) is 2.16. The number of hydrogen-bond donors (Lipinski definition) is 1. The first-order chi connectivity index (χ1) is 7.00. The summed E-state index contributed by atoms with van der Waals surface area (Å²) in [6.07, 6.45) is 0. The van der Waals surface area contributed by atoms with Gasteiger partial charge in [-0.05, 0) is 12.1 Å². The van der Waals surface area contributed by atoms with E-state index in [1.54, 1.807) is 18.2 Å². The molecule has 0 radical (unpaired) electrons. The molecule has 0 saturated carbocycles. The van der Waals surface area contributed by atoms with Crippen LogP contribution < -0.4 is 18.9 Å². The Balaban J connectivity index is 0.00000128. The Hall–Kier alpha value is -0.993. The van der Waals surface area contributed by atoms with E-state index in [9.17, 15) is 18.1 Å². The molecule has 0 aliphatic carbocycles. The van der Waals surface area contributed by atoms with Gasteiger partial charge in [-0.25, -0.2) is 8.42 Å². The van der Waals surface area contributed by atoms with Crippen LogP contribution in [0.5, 0.6) is 5.75 Å². The molecular formula is C10H7LiO4S. The summed E-state index contributed by atoms with van der Waals surface area (Å²) in [6.45, 7) is 0. The van der Waals surface area contributed by atoms with Crippen LogP contribution in [0.3, 0.4) is 0 Å². The average Bonchev–Trinajstić information content (AvgIpc) is 2.17. The zero-order valence-electron chi connectivity index (χ0n) is 8.54. The molecule has 4 nitrogen and oxygen atoms in total. The second-order valence-electron chi connectivity index (χ2n) is 3.08. The molecule has 0 bridgehead atoms. The van der Waals surface area contributed by atoms with E-state index in [0.717, 1.165) is 6.07 Å². The van der Waals surface area contributed by atoms with E-state index in [4.69, 9.17) is 0 Å². The predicted octanol–water partition coefficient (Wildman–Crippen LogP) is -1.55. The van der Waals surface area contributed by atoms with Gasteiger partial charge in [-0.1, -0.05) is 24.3 Å². The molecule has 0 heterocycles. The third-order valence-electron chi connectivity index (χ3n) is 2.13. The van der Waals surface area contributed by atoms with Crippen molar-refractivity contribution in [2.24, 2.45) is 0 Å². The number of phenols is 1. The maximum absolute atomic E-state index is 10.9. The van der Waals surface area contributed by atoms with Crippen molar-refractivity contribution in [1.29, 1.82) is 0 Å². The smallest absolute Gasteiger partial charge is 0.744 e. The van der Waals surface area contributed by atoms with Crippen LogP contribution in [0.1, 0.15) is 0 Å². The monoisotopic (exact) mass is 230 g/mol. The van der Waals surface area contributed by atoms with Crippen molar-refractivity contribution in [2.75, 3.05) is 0 Å². The number of hydrogen-bond acceptors (Lipinski definition) is 4. The summed E-state index contributed by atoms with van der Waals surface area (Å²) in [4.78, 5) is -0.309. The third kappa shape index (κ3) is 2.23. The summed E-state index contributed by atoms with van der Waals surface area (Å²) in [5.74, 6) is -0.0435. The Morgan fingerprint density at radius 3 is 2.12 bits per heavy atom. The van der Waals surface area contributed by atoms with E-state index in [-0.39, 0.29) is 34.9 Å². The summed E-state index contributed by atoms with van der Waals surface area (Å²) < 4.78 is 32.8. The number of benzene rings is 2. The van der Waals surface area contributed by atoms with Crippen molar-refractivity contribution in [2.45, 2.75) is 4.90 Å². The maximum Gasteiger partial charge on any atom is 1.00 e. The van der Waals surface area contributed by atoms with Crippen LogP contribution in [-0.4, -0.2) is 18.1 Å². The van der Waals surface area contributed by atoms with Crippen molar-refractivity contribution in [3.8, 4) is 5.75 Å². The van der Waals surface area contributed by atoms with E-state index >= 15 is 0 Å². The van der Waals surface area contributed by atoms with Crippen LogP contribution in [0.25, 0.3) is 10.8 Å². The zero-order valence-corrected chi connectivity index (χ0v) is 9.36. The van der Waals surface area contributed by atoms with E-state index in [1.165, 1.54) is 12.1 Å². The molecule has 0 aliphatic heterocycles. The molecule has 2 aromatic carbocycles. The minimum Gasteiger partial charge on any atom is -0.744 e. The van der Waals surface area contributed by atoms with Gasteiger partial charge in [0.05, 0.1) is 4.90 Å². The molecule has 0 saturated heterocycles. The van der Waals surface area contributed by atoms with Gasteiger partial charge >= 0.3 is 18.9 Å². The second-order valence-corrected chi connectivity index (χ2v) is 4.43. The van der Waals surface area contributed by atoms with Crippen LogP contribution in [0.2, 0.25) is 0 Å². The average molecular weight is 230 g/mol. The van der Waals surface area contributed by atoms with E-state index in [0.29, 0.717) is 5.39 Å². The Bertz CT molecular complexity index is 622. The molecule has 16 heavy (non-hydrogen) atoms. The molecule has 0 aromatic heterocycles. The van der Waals surface area contributed by atoms with Crippen LogP contribution in [0.15, 0.2) is 41.3 Å². The van der Waals surface area contributed by atoms with Gasteiger partial charge in [0.25, 0.3) is 0 Å². The van der Waals surface area contributed by atoms with E-state index in [2.05, 4.69) is 0 Å². The van der Waals surface area contributed by atoms with Crippen LogP contribution >= 0.6 is 0 Å². The number of phenolic OH excluding ortho intramolecular Hbond substituents is 1. The molecule has 0 atom stereocenters. The molecular weight excluding hydrogens is 223 g/mol. The van der Waals surface area contributed by atoms with E-state index < -0.39 is 10.1 Å². The predicted molar refractivity (Wildman–Crippen MR) is 53.6 cm³/mol. The number of aromatic hydroxyl groups is 1. The Morgan fingerprint density at radius 2 is 1.56 bits per heavy atom. The van der Waals surface area contributed by atoms with Gasteiger partial charge in [-0.15, -0.1) is 0 Å². The standard InChI is InChI=1S/C10H8O4S.Li/c11-9-5-6-10(15(12,13)14)8-4-2-1-3-7(8)9;/h1-6,11H,(H,12,13,14);/q;+1/p-1. The number of rotatable bonds is 1. The summed E-state index contributed by atoms with van der Waals surface area (Å²) in [5.41, 5.74) is 0. The molecule has 0 aliphatic rings. The molecule has 78 valence electrons. The van der Waals surface area contributed by atoms with E-state index in [1.807, 2.05) is 0 Å². The summed E-state index contributed by atoms with van der Waals surface area (Å²) in [6, 6.07) is 8.62. The van der Waals surface area contributed by atoms with Crippen molar-refractivity contribution in [3.63, 3.8) is 0 Å². The van der Waals surface area contributed by atoms with Gasteiger partial charge in [0.15, 0.2) is 0 Å². The second kappa shape index (κ2) is 4.48.